The first-order chi connectivity index (χ1) is 10.3. The van der Waals surface area contributed by atoms with Crippen LogP contribution in [0.1, 0.15) is 29.5 Å². The first-order valence-electron chi connectivity index (χ1n) is 6.95. The van der Waals surface area contributed by atoms with Gasteiger partial charge >= 0.3 is 0 Å². The van der Waals surface area contributed by atoms with Gasteiger partial charge in [0.15, 0.2) is 0 Å². The van der Waals surface area contributed by atoms with Gasteiger partial charge in [-0.2, -0.15) is 0 Å². The van der Waals surface area contributed by atoms with Gasteiger partial charge in [0.2, 0.25) is 6.29 Å². The number of hydrogen-bond acceptors (Lipinski definition) is 5. The molecule has 110 valence electrons. The van der Waals surface area contributed by atoms with Crippen molar-refractivity contribution < 1.29 is 14.2 Å². The second-order valence-electron chi connectivity index (χ2n) is 4.52. The highest BCUT2D eigenvalue weighted by atomic mass is 32.1. The van der Waals surface area contributed by atoms with E-state index in [9.17, 15) is 0 Å². The fraction of sp³-hybridized carbons (Fsp3) is 0.312. The molecule has 0 unspecified atom stereocenters. The molecule has 1 aliphatic rings. The summed E-state index contributed by atoms with van der Waals surface area (Å²) in [6.07, 6.45) is 3.74. The van der Waals surface area contributed by atoms with Crippen LogP contribution in [0.4, 0.5) is 0 Å². The van der Waals surface area contributed by atoms with Gasteiger partial charge in [-0.25, -0.2) is 4.98 Å². The van der Waals surface area contributed by atoms with Crippen molar-refractivity contribution in [3.8, 4) is 5.75 Å². The van der Waals surface area contributed by atoms with Crippen LogP contribution < -0.4 is 4.74 Å². The summed E-state index contributed by atoms with van der Waals surface area (Å²) >= 11 is 1.58. The molecule has 1 aliphatic heterocycles. The van der Waals surface area contributed by atoms with E-state index in [1.807, 2.05) is 48.7 Å². The van der Waals surface area contributed by atoms with Crippen molar-refractivity contribution in [3.63, 3.8) is 0 Å². The Bertz CT molecular complexity index is 600. The van der Waals surface area contributed by atoms with Gasteiger partial charge in [0.1, 0.15) is 16.5 Å². The van der Waals surface area contributed by atoms with Crippen LogP contribution in [0.2, 0.25) is 0 Å². The molecule has 0 amide bonds. The maximum absolute atomic E-state index is 5.44. The van der Waals surface area contributed by atoms with Crippen LogP contribution in [-0.2, 0) is 9.47 Å². The molecule has 1 saturated heterocycles. The lowest BCUT2D eigenvalue weighted by Gasteiger charge is -2.03. The molecule has 0 N–H and O–H groups in total. The number of ether oxygens (including phenoxy) is 3. The number of nitrogens with zero attached hydrogens (tertiary/aromatic N) is 1. The first kappa shape index (κ1) is 14.3. The van der Waals surface area contributed by atoms with Crippen molar-refractivity contribution in [1.82, 2.24) is 4.98 Å². The number of thiazole rings is 1. The summed E-state index contributed by atoms with van der Waals surface area (Å²) in [6, 6.07) is 7.99. The third-order valence-corrected chi connectivity index (χ3v) is 3.84. The van der Waals surface area contributed by atoms with Crippen LogP contribution in [-0.4, -0.2) is 24.8 Å². The fourth-order valence-corrected chi connectivity index (χ4v) is 2.73. The molecular formula is C16H17NO3S. The Hall–Kier alpha value is -1.69. The molecule has 0 radical (unpaired) electrons. The molecule has 2 heterocycles. The molecule has 0 atom stereocenters. The Morgan fingerprint density at radius 2 is 2.00 bits per heavy atom. The van der Waals surface area contributed by atoms with E-state index < -0.39 is 0 Å². The van der Waals surface area contributed by atoms with E-state index in [1.165, 1.54) is 0 Å². The van der Waals surface area contributed by atoms with Crippen LogP contribution in [0, 0.1) is 0 Å². The molecule has 2 aromatic rings. The number of aromatic nitrogens is 1. The maximum Gasteiger partial charge on any atom is 0.202 e. The average molecular weight is 303 g/mol. The van der Waals surface area contributed by atoms with Crippen LogP contribution in [0.25, 0.3) is 12.2 Å². The summed E-state index contributed by atoms with van der Waals surface area (Å²) in [5, 5.41) is 2.92. The van der Waals surface area contributed by atoms with Crippen molar-refractivity contribution in [2.75, 3.05) is 19.8 Å². The Balaban J connectivity index is 1.65. The van der Waals surface area contributed by atoms with E-state index >= 15 is 0 Å². The van der Waals surface area contributed by atoms with Gasteiger partial charge in [-0.05, 0) is 30.7 Å². The van der Waals surface area contributed by atoms with Crippen molar-refractivity contribution in [2.24, 2.45) is 0 Å². The minimum absolute atomic E-state index is 0.297. The molecule has 0 aliphatic carbocycles. The van der Waals surface area contributed by atoms with E-state index in [2.05, 4.69) is 4.98 Å². The molecule has 5 heteroatoms. The van der Waals surface area contributed by atoms with Gasteiger partial charge in [-0.3, -0.25) is 0 Å². The zero-order valence-electron chi connectivity index (χ0n) is 11.8. The van der Waals surface area contributed by atoms with Gasteiger partial charge in [0.25, 0.3) is 0 Å². The van der Waals surface area contributed by atoms with Gasteiger partial charge in [0, 0.05) is 5.38 Å². The van der Waals surface area contributed by atoms with E-state index in [4.69, 9.17) is 14.2 Å². The van der Waals surface area contributed by atoms with Crippen LogP contribution in [0.5, 0.6) is 5.75 Å². The predicted octanol–water partition coefficient (Wildman–Crippen LogP) is 3.76. The third kappa shape index (κ3) is 3.69. The van der Waals surface area contributed by atoms with E-state index in [0.29, 0.717) is 19.8 Å². The topological polar surface area (TPSA) is 40.6 Å². The minimum Gasteiger partial charge on any atom is -0.494 e. The van der Waals surface area contributed by atoms with Crippen molar-refractivity contribution in [1.29, 1.82) is 0 Å². The maximum atomic E-state index is 5.44. The summed E-state index contributed by atoms with van der Waals surface area (Å²) in [6.45, 7) is 3.94. The number of hydrogen-bond donors (Lipinski definition) is 0. The largest absolute Gasteiger partial charge is 0.494 e. The molecule has 1 aromatic carbocycles. The molecule has 0 bridgehead atoms. The Kier molecular flexibility index (Phi) is 4.65. The number of benzene rings is 1. The molecule has 3 rings (SSSR count). The highest BCUT2D eigenvalue weighted by Crippen LogP contribution is 2.25. The zero-order valence-corrected chi connectivity index (χ0v) is 12.6. The van der Waals surface area contributed by atoms with Crippen LogP contribution in [0.15, 0.2) is 29.6 Å². The number of rotatable bonds is 5. The van der Waals surface area contributed by atoms with Gasteiger partial charge in [-0.1, -0.05) is 18.2 Å². The Morgan fingerprint density at radius 3 is 2.71 bits per heavy atom. The van der Waals surface area contributed by atoms with Gasteiger partial charge in [-0.15, -0.1) is 11.3 Å². The lowest BCUT2D eigenvalue weighted by Crippen LogP contribution is -1.97. The van der Waals surface area contributed by atoms with Crippen molar-refractivity contribution >= 4 is 23.5 Å². The SMILES string of the molecule is CCOc1ccc(/C=C/c2nc(C3OCCO3)cs2)cc1. The predicted molar refractivity (Wildman–Crippen MR) is 83.3 cm³/mol. The Labute approximate surface area is 128 Å². The first-order valence-corrected chi connectivity index (χ1v) is 7.82. The quantitative estimate of drug-likeness (QED) is 0.843. The van der Waals surface area contributed by atoms with E-state index in [1.54, 1.807) is 11.3 Å². The molecule has 21 heavy (non-hydrogen) atoms. The standard InChI is InChI=1S/C16H17NO3S/c1-2-18-13-6-3-12(4-7-13)5-8-15-17-14(11-21-15)16-19-9-10-20-16/h3-8,11,16H,2,9-10H2,1H3/b8-5+. The Morgan fingerprint density at radius 1 is 1.24 bits per heavy atom. The van der Waals surface area contributed by atoms with E-state index in [0.717, 1.165) is 22.0 Å². The zero-order chi connectivity index (χ0) is 14.5. The molecule has 4 nitrogen and oxygen atoms in total. The highest BCUT2D eigenvalue weighted by Gasteiger charge is 2.20. The van der Waals surface area contributed by atoms with Gasteiger partial charge in [0.05, 0.1) is 19.8 Å². The molecule has 1 fully saturated rings. The molecule has 0 spiro atoms. The lowest BCUT2D eigenvalue weighted by atomic mass is 10.2. The summed E-state index contributed by atoms with van der Waals surface area (Å²) in [5.41, 5.74) is 1.97. The second-order valence-corrected chi connectivity index (χ2v) is 5.41. The normalized spacial score (nSPS) is 15.9. The van der Waals surface area contributed by atoms with Crippen molar-refractivity contribution in [2.45, 2.75) is 13.2 Å². The lowest BCUT2D eigenvalue weighted by molar-refractivity contribution is -0.0468. The fourth-order valence-electron chi connectivity index (χ4n) is 2.02. The summed E-state index contributed by atoms with van der Waals surface area (Å²) in [4.78, 5) is 4.51. The van der Waals surface area contributed by atoms with E-state index in [-0.39, 0.29) is 6.29 Å². The smallest absolute Gasteiger partial charge is 0.202 e. The average Bonchev–Trinajstić information content (AvgIpc) is 3.18. The third-order valence-electron chi connectivity index (χ3n) is 3.01. The monoisotopic (exact) mass is 303 g/mol. The molecular weight excluding hydrogens is 286 g/mol. The van der Waals surface area contributed by atoms with Crippen LogP contribution >= 0.6 is 11.3 Å². The van der Waals surface area contributed by atoms with Crippen molar-refractivity contribution in [3.05, 3.63) is 45.9 Å². The van der Waals surface area contributed by atoms with Gasteiger partial charge < -0.3 is 14.2 Å². The summed E-state index contributed by atoms with van der Waals surface area (Å²) < 4.78 is 16.3. The highest BCUT2D eigenvalue weighted by molar-refractivity contribution is 7.10. The van der Waals surface area contributed by atoms with Crippen LogP contribution in [0.3, 0.4) is 0 Å². The molecule has 1 aromatic heterocycles. The summed E-state index contributed by atoms with van der Waals surface area (Å²) in [7, 11) is 0. The molecule has 0 saturated carbocycles. The summed E-state index contributed by atoms with van der Waals surface area (Å²) in [5.74, 6) is 0.890. The second kappa shape index (κ2) is 6.85. The minimum atomic E-state index is -0.297.